The number of aryl methyl sites for hydroxylation is 4. The van der Waals surface area contributed by atoms with Gasteiger partial charge in [-0.1, -0.05) is 49.5 Å². The normalized spacial score (nSPS) is 20.4. The van der Waals surface area contributed by atoms with Crippen LogP contribution in [0.4, 0.5) is 93.0 Å². The minimum atomic E-state index is -4.19. The molecule has 8 heterocycles. The number of alkyl halides is 8. The van der Waals surface area contributed by atoms with Crippen molar-refractivity contribution < 1.29 is 110 Å². The Morgan fingerprint density at radius 3 is 1.20 bits per heavy atom. The molecule has 6 saturated heterocycles. The van der Waals surface area contributed by atoms with Gasteiger partial charge in [-0.25, -0.2) is 35.1 Å². The number of rotatable bonds is 19. The van der Waals surface area contributed by atoms with E-state index < -0.39 is 146 Å². The zero-order chi connectivity index (χ0) is 93.5. The molecule has 0 aliphatic carbocycles. The number of aromatic nitrogens is 2. The Hall–Kier alpha value is -12.0. The molecule has 5 amide bonds. The molecule has 7 aliphatic rings. The van der Waals surface area contributed by atoms with Crippen molar-refractivity contribution in [3.63, 3.8) is 0 Å². The number of benzene rings is 8. The lowest BCUT2D eigenvalue weighted by Gasteiger charge is -2.42. The first-order chi connectivity index (χ1) is 60.8. The predicted octanol–water partition coefficient (Wildman–Crippen LogP) is 19.9. The Morgan fingerprint density at radius 2 is 0.783 bits per heavy atom. The number of amides is 5. The number of carbonyl (C=O) groups excluding carboxylic acids is 5. The van der Waals surface area contributed by atoms with Gasteiger partial charge in [0.15, 0.2) is 17.5 Å². The van der Waals surface area contributed by atoms with Gasteiger partial charge in [0.1, 0.15) is 29.1 Å². The van der Waals surface area contributed by atoms with Crippen LogP contribution in [0.2, 0.25) is 5.02 Å². The lowest BCUT2D eigenvalue weighted by molar-refractivity contribution is -0.160. The van der Waals surface area contributed by atoms with Crippen LogP contribution in [0.3, 0.4) is 0 Å². The maximum Gasteiger partial charge on any atom is 0.352 e. The third kappa shape index (κ3) is 20.1. The van der Waals surface area contributed by atoms with Gasteiger partial charge in [0, 0.05) is 130 Å². The van der Waals surface area contributed by atoms with E-state index in [-0.39, 0.29) is 127 Å². The molecule has 18 nitrogen and oxygen atoms in total. The molecule has 8 aromatic carbocycles. The van der Waals surface area contributed by atoms with Crippen molar-refractivity contribution in [1.29, 1.82) is 0 Å². The highest BCUT2D eigenvalue weighted by atomic mass is 35.5. The third-order valence-corrected chi connectivity index (χ3v) is 24.9. The van der Waals surface area contributed by atoms with Crippen molar-refractivity contribution in [2.45, 2.75) is 196 Å². The second-order valence-corrected chi connectivity index (χ2v) is 33.7. The molecule has 0 saturated carbocycles. The zero-order valence-electron chi connectivity index (χ0n) is 69.8. The van der Waals surface area contributed by atoms with Crippen molar-refractivity contribution in [2.75, 3.05) is 27.8 Å². The highest BCUT2D eigenvalue weighted by Crippen LogP contribution is 2.51. The van der Waals surface area contributed by atoms with E-state index in [2.05, 4.69) is 51.2 Å². The third-order valence-electron chi connectivity index (χ3n) is 24.6. The molecule has 35 heteroatoms. The quantitative estimate of drug-likeness (QED) is 0.0279. The van der Waals surface area contributed by atoms with E-state index in [0.717, 1.165) is 65.9 Å². The standard InChI is InChI=1S/C24H24ClF3N2O2.C24H23F5N2O2.C24H24F4N2O2.C22H18F4N4O2/c1-13-3-4-15(23(32)29-16-5-8-22(26)21(25)10-16)9-20(13)24(27,28)14(2)30-17-6-7-18(30)12-19(31)11-17;1-12-3-4-14(23(33)30-15-8-20(25)22(27)21(26)9-15)7-19(12)24(28,29)13(2)31-16-5-6-17(31)11-18(32)10-16;1-13-10-15(6-9-21(13)25)29-23(32)19-4-3-5-20(22(19)26)24(27,28)14(2)30-16-7-8-17(30)12-18(31)11-16;1-12-8-15(3-5-17(12)23)28-20(31)13-2-4-18(24)16(9-13)22(25,26)21(32)30-7-6-19-14(11-30)10-27-29-19/h3-5,8-10,17-19,31H,2,6-7,11-12H2,1H3,(H,29,32);3-4,7-9,16-18,32H,2,5-6,10-11H2,1H3,(H,30,33);3-6,9-10,16-18,31H,2,7-8,11-12H2,1H3,(H,29,32);2-5,8-10H,6-7,11H2,1H3,(H,27,29)(H,28,31)/t17-,18+,19?;2*16-,17+,18?;. The van der Waals surface area contributed by atoms with Gasteiger partial charge in [0.25, 0.3) is 29.5 Å². The number of fused-ring (bicyclic) bond motifs is 7. The van der Waals surface area contributed by atoms with Crippen LogP contribution in [0.1, 0.15) is 174 Å². The number of hydrogen-bond donors (Lipinski definition) is 8. The fourth-order valence-corrected chi connectivity index (χ4v) is 18.1. The number of allylic oxidation sites excluding steroid dienone is 3. The Morgan fingerprint density at radius 1 is 0.411 bits per heavy atom. The molecule has 682 valence electrons. The number of nitrogens with zero attached hydrogens (tertiary/aromatic N) is 5. The number of aliphatic hydroxyl groups excluding tert-OH is 3. The maximum atomic E-state index is 15.6. The molecule has 6 fully saturated rings. The molecule has 8 N–H and O–H groups in total. The number of anilines is 4. The fraction of sp³-hybridized carbons (Fsp3) is 0.340. The Kier molecular flexibility index (Phi) is 27.8. The summed E-state index contributed by atoms with van der Waals surface area (Å²) in [4.78, 5) is 68.6. The van der Waals surface area contributed by atoms with Gasteiger partial charge in [-0.2, -0.15) is 40.2 Å². The molecule has 7 aliphatic heterocycles. The van der Waals surface area contributed by atoms with Crippen LogP contribution in [0.15, 0.2) is 183 Å². The van der Waals surface area contributed by atoms with Crippen LogP contribution in [0.25, 0.3) is 0 Å². The first-order valence-electron chi connectivity index (χ1n) is 41.3. The topological polar surface area (TPSA) is 236 Å². The number of carbonyl (C=O) groups is 5. The minimum Gasteiger partial charge on any atom is -0.393 e. The number of piperidine rings is 3. The highest BCUT2D eigenvalue weighted by Gasteiger charge is 2.53. The number of nitrogens with one attached hydrogen (secondary N) is 5. The molecular formula is C94H89ClF16N10O8. The average molecular weight is 1830 g/mol. The summed E-state index contributed by atoms with van der Waals surface area (Å²) in [5.74, 6) is -28.4. The van der Waals surface area contributed by atoms with Crippen LogP contribution >= 0.6 is 11.6 Å². The van der Waals surface area contributed by atoms with Gasteiger partial charge in [-0.05, 0) is 236 Å². The number of aromatic amines is 1. The van der Waals surface area contributed by atoms with E-state index >= 15 is 39.5 Å². The number of halogens is 17. The lowest BCUT2D eigenvalue weighted by Crippen LogP contribution is -2.47. The zero-order valence-corrected chi connectivity index (χ0v) is 70.6. The molecule has 9 atom stereocenters. The fourth-order valence-electron chi connectivity index (χ4n) is 17.9. The first kappa shape index (κ1) is 94.6. The monoisotopic (exact) mass is 1820 g/mol. The summed E-state index contributed by atoms with van der Waals surface area (Å²) < 4.78 is 233. The van der Waals surface area contributed by atoms with Crippen molar-refractivity contribution in [3.05, 3.63) is 312 Å². The molecule has 0 spiro atoms. The smallest absolute Gasteiger partial charge is 0.352 e. The highest BCUT2D eigenvalue weighted by molar-refractivity contribution is 6.31. The Bertz CT molecular complexity index is 5760. The van der Waals surface area contributed by atoms with Gasteiger partial charge in [-0.15, -0.1) is 0 Å². The van der Waals surface area contributed by atoms with Crippen molar-refractivity contribution in [2.24, 2.45) is 0 Å². The van der Waals surface area contributed by atoms with E-state index in [1.54, 1.807) is 16.7 Å². The molecular weight excluding hydrogens is 1740 g/mol. The van der Waals surface area contributed by atoms with Crippen LogP contribution in [0.5, 0.6) is 0 Å². The molecule has 129 heavy (non-hydrogen) atoms. The van der Waals surface area contributed by atoms with Gasteiger partial charge in [-0.3, -0.25) is 29.1 Å². The van der Waals surface area contributed by atoms with E-state index in [4.69, 9.17) is 11.6 Å². The molecule has 3 unspecified atom stereocenters. The average Bonchev–Trinajstić information content (AvgIpc) is 1.67. The van der Waals surface area contributed by atoms with E-state index in [9.17, 15) is 70.0 Å². The predicted molar refractivity (Wildman–Crippen MR) is 449 cm³/mol. The van der Waals surface area contributed by atoms with E-state index in [1.807, 2.05) is 0 Å². The van der Waals surface area contributed by atoms with Crippen LogP contribution < -0.4 is 21.3 Å². The van der Waals surface area contributed by atoms with Gasteiger partial charge in [0.2, 0.25) is 0 Å². The van der Waals surface area contributed by atoms with E-state index in [1.165, 1.54) is 105 Å². The van der Waals surface area contributed by atoms with Crippen LogP contribution in [-0.4, -0.2) is 136 Å². The largest absolute Gasteiger partial charge is 0.393 e. The number of H-pyrrole nitrogens is 1. The summed E-state index contributed by atoms with van der Waals surface area (Å²) in [5.41, 5.74) is -2.12. The van der Waals surface area contributed by atoms with Crippen LogP contribution in [-0.2, 0) is 41.5 Å². The molecule has 6 bridgehead atoms. The maximum absolute atomic E-state index is 15.6. The number of aliphatic hydroxyl groups is 3. The second-order valence-electron chi connectivity index (χ2n) is 33.3. The van der Waals surface area contributed by atoms with E-state index in [0.29, 0.717) is 106 Å². The van der Waals surface area contributed by atoms with Crippen LogP contribution in [0, 0.1) is 74.2 Å². The molecule has 16 rings (SSSR count). The summed E-state index contributed by atoms with van der Waals surface area (Å²) in [5, 5.41) is 45.9. The second kappa shape index (κ2) is 38.0. The van der Waals surface area contributed by atoms with Gasteiger partial charge < -0.3 is 56.2 Å². The summed E-state index contributed by atoms with van der Waals surface area (Å²) in [6.45, 7) is 17.0. The number of hydrogen-bond acceptors (Lipinski definition) is 12. The minimum absolute atomic E-state index is 0.0231. The Balaban J connectivity index is 0.000000147. The summed E-state index contributed by atoms with van der Waals surface area (Å²) in [6, 6.07) is 24.7. The van der Waals surface area contributed by atoms with Gasteiger partial charge in [0.05, 0.1) is 63.3 Å². The molecule has 1 aromatic heterocycles. The molecule has 9 aromatic rings. The summed E-state index contributed by atoms with van der Waals surface area (Å²) in [6.07, 6.45) is 6.91. The van der Waals surface area contributed by atoms with Crippen molar-refractivity contribution >= 4 is 63.9 Å². The summed E-state index contributed by atoms with van der Waals surface area (Å²) >= 11 is 5.74. The van der Waals surface area contributed by atoms with Gasteiger partial charge >= 0.3 is 23.7 Å². The van der Waals surface area contributed by atoms with Crippen molar-refractivity contribution in [3.8, 4) is 0 Å². The lowest BCUT2D eigenvalue weighted by atomic mass is 9.93. The Labute approximate surface area is 735 Å². The summed E-state index contributed by atoms with van der Waals surface area (Å²) in [7, 11) is 0. The SMILES string of the molecule is C=C(N1[C@@H]2CC[C@H]1CC(O)C2)C(F)(F)c1cc(C(=O)Nc2cc(F)c(F)c(F)c2)ccc1C.C=C(N1[C@@H]2CC[C@H]1CC(O)C2)C(F)(F)c1cc(C(=O)Nc2ccc(F)c(Cl)c2)ccc1C.C=C(N1[C@@H]2CC[C@H]1CC(O)C2)C(F)(F)c1cccc(C(=O)Nc2ccc(F)c(C)c2)c1F.Cc1cc(NC(=O)c2ccc(F)c(C(F)(F)C(=O)N3CCc4[nH]ncc4C3)c2)ccc1F. The molecule has 0 radical (unpaired) electrons. The first-order valence-corrected chi connectivity index (χ1v) is 41.7. The van der Waals surface area contributed by atoms with Crippen molar-refractivity contribution in [1.82, 2.24) is 29.8 Å².